The Morgan fingerprint density at radius 2 is 1.68 bits per heavy atom. The third kappa shape index (κ3) is 2.24. The standard InChI is InChI=1S/C19H18ClNO/c1-12(2)18-13(3)15-10-7-11-16(20)17(15)19(22)21(18)14-8-5-4-6-9-14/h4-12H,1-3H3. The first-order valence-corrected chi connectivity index (χ1v) is 7.79. The van der Waals surface area contributed by atoms with Crippen molar-refractivity contribution >= 4 is 22.4 Å². The second-order valence-electron chi connectivity index (χ2n) is 5.80. The van der Waals surface area contributed by atoms with E-state index in [4.69, 9.17) is 11.6 Å². The van der Waals surface area contributed by atoms with Gasteiger partial charge in [-0.25, -0.2) is 0 Å². The molecule has 0 fully saturated rings. The summed E-state index contributed by atoms with van der Waals surface area (Å²) in [6.07, 6.45) is 0. The second-order valence-corrected chi connectivity index (χ2v) is 6.21. The zero-order valence-electron chi connectivity index (χ0n) is 12.9. The molecule has 22 heavy (non-hydrogen) atoms. The molecule has 2 aromatic carbocycles. The van der Waals surface area contributed by atoms with E-state index >= 15 is 0 Å². The molecule has 0 aliphatic rings. The first-order valence-electron chi connectivity index (χ1n) is 7.41. The number of aromatic nitrogens is 1. The van der Waals surface area contributed by atoms with Crippen LogP contribution in [0.3, 0.4) is 0 Å². The summed E-state index contributed by atoms with van der Waals surface area (Å²) < 4.78 is 1.80. The maximum atomic E-state index is 13.1. The van der Waals surface area contributed by atoms with Gasteiger partial charge in [0.05, 0.1) is 10.4 Å². The van der Waals surface area contributed by atoms with Gasteiger partial charge < -0.3 is 0 Å². The smallest absolute Gasteiger partial charge is 0.264 e. The van der Waals surface area contributed by atoms with Crippen LogP contribution in [0.4, 0.5) is 0 Å². The maximum Gasteiger partial charge on any atom is 0.264 e. The van der Waals surface area contributed by atoms with E-state index in [2.05, 4.69) is 20.8 Å². The van der Waals surface area contributed by atoms with Gasteiger partial charge in [0.15, 0.2) is 0 Å². The molecular weight excluding hydrogens is 294 g/mol. The number of nitrogens with zero attached hydrogens (tertiary/aromatic N) is 1. The highest BCUT2D eigenvalue weighted by molar-refractivity contribution is 6.35. The number of benzene rings is 2. The molecule has 0 spiro atoms. The van der Waals surface area contributed by atoms with Gasteiger partial charge in [0.2, 0.25) is 0 Å². The van der Waals surface area contributed by atoms with Gasteiger partial charge in [-0.05, 0) is 42.0 Å². The maximum absolute atomic E-state index is 13.1. The molecule has 0 saturated carbocycles. The van der Waals surface area contributed by atoms with Crippen molar-refractivity contribution in [3.63, 3.8) is 0 Å². The third-order valence-corrected chi connectivity index (χ3v) is 4.34. The Bertz CT molecular complexity index is 895. The summed E-state index contributed by atoms with van der Waals surface area (Å²) in [6.45, 7) is 6.28. The second kappa shape index (κ2) is 5.62. The fourth-order valence-corrected chi connectivity index (χ4v) is 3.36. The minimum Gasteiger partial charge on any atom is -0.280 e. The Hall–Kier alpha value is -2.06. The van der Waals surface area contributed by atoms with Crippen LogP contribution in [0.5, 0.6) is 0 Å². The van der Waals surface area contributed by atoms with Gasteiger partial charge >= 0.3 is 0 Å². The van der Waals surface area contributed by atoms with Crippen LogP contribution in [0.25, 0.3) is 16.5 Å². The Morgan fingerprint density at radius 3 is 2.32 bits per heavy atom. The van der Waals surface area contributed by atoms with Crippen molar-refractivity contribution in [2.24, 2.45) is 0 Å². The van der Waals surface area contributed by atoms with Crippen LogP contribution in [0.2, 0.25) is 5.02 Å². The average Bonchev–Trinajstić information content (AvgIpc) is 2.50. The van der Waals surface area contributed by atoms with Gasteiger partial charge in [-0.15, -0.1) is 0 Å². The molecule has 0 aliphatic carbocycles. The van der Waals surface area contributed by atoms with E-state index in [1.165, 1.54) is 0 Å². The third-order valence-electron chi connectivity index (χ3n) is 4.02. The number of aryl methyl sites for hydroxylation is 1. The van der Waals surface area contributed by atoms with Crippen LogP contribution in [-0.4, -0.2) is 4.57 Å². The Morgan fingerprint density at radius 1 is 1.00 bits per heavy atom. The largest absolute Gasteiger partial charge is 0.280 e. The number of fused-ring (bicyclic) bond motifs is 1. The number of para-hydroxylation sites is 1. The van der Waals surface area contributed by atoms with Crippen molar-refractivity contribution < 1.29 is 0 Å². The molecule has 1 aromatic heterocycles. The first-order chi connectivity index (χ1) is 10.5. The SMILES string of the molecule is Cc1c(C(C)C)n(-c2ccccc2)c(=O)c2c(Cl)cccc12. The lowest BCUT2D eigenvalue weighted by Crippen LogP contribution is -2.24. The molecule has 0 atom stereocenters. The lowest BCUT2D eigenvalue weighted by Gasteiger charge is -2.21. The molecule has 3 rings (SSSR count). The van der Waals surface area contributed by atoms with Gasteiger partial charge in [0.25, 0.3) is 5.56 Å². The van der Waals surface area contributed by atoms with Gasteiger partial charge in [-0.1, -0.05) is 55.8 Å². The van der Waals surface area contributed by atoms with E-state index < -0.39 is 0 Å². The number of rotatable bonds is 2. The lowest BCUT2D eigenvalue weighted by molar-refractivity contribution is 0.755. The van der Waals surface area contributed by atoms with E-state index in [0.29, 0.717) is 10.4 Å². The zero-order valence-corrected chi connectivity index (χ0v) is 13.7. The van der Waals surface area contributed by atoms with E-state index in [-0.39, 0.29) is 11.5 Å². The van der Waals surface area contributed by atoms with Crippen LogP contribution in [0, 0.1) is 6.92 Å². The summed E-state index contributed by atoms with van der Waals surface area (Å²) in [5.74, 6) is 0.233. The molecule has 112 valence electrons. The molecule has 0 aliphatic heterocycles. The predicted octanol–water partition coefficient (Wildman–Crippen LogP) is 5.08. The van der Waals surface area contributed by atoms with Gasteiger partial charge in [-0.2, -0.15) is 0 Å². The predicted molar refractivity (Wildman–Crippen MR) is 93.4 cm³/mol. The van der Waals surface area contributed by atoms with E-state index in [1.807, 2.05) is 42.5 Å². The molecule has 0 unspecified atom stereocenters. The summed E-state index contributed by atoms with van der Waals surface area (Å²) in [7, 11) is 0. The van der Waals surface area contributed by atoms with Gasteiger partial charge in [0.1, 0.15) is 0 Å². The fourth-order valence-electron chi connectivity index (χ4n) is 3.11. The molecule has 0 radical (unpaired) electrons. The summed E-state index contributed by atoms with van der Waals surface area (Å²) in [5.41, 5.74) is 2.96. The zero-order chi connectivity index (χ0) is 15.9. The van der Waals surface area contributed by atoms with Gasteiger partial charge in [0, 0.05) is 11.4 Å². The normalized spacial score (nSPS) is 11.3. The number of halogens is 1. The highest BCUT2D eigenvalue weighted by Gasteiger charge is 2.18. The summed E-state index contributed by atoms with van der Waals surface area (Å²) in [5, 5.41) is 2.04. The van der Waals surface area contributed by atoms with Gasteiger partial charge in [-0.3, -0.25) is 9.36 Å². The summed E-state index contributed by atoms with van der Waals surface area (Å²) in [6, 6.07) is 15.4. The fraction of sp³-hybridized carbons (Fsp3) is 0.211. The van der Waals surface area contributed by atoms with Crippen LogP contribution in [0.15, 0.2) is 53.3 Å². The van der Waals surface area contributed by atoms with Crippen molar-refractivity contribution in [2.45, 2.75) is 26.7 Å². The number of hydrogen-bond donors (Lipinski definition) is 0. The molecular formula is C19H18ClNO. The number of pyridine rings is 1. The minimum absolute atomic E-state index is 0.0545. The van der Waals surface area contributed by atoms with E-state index in [0.717, 1.165) is 22.3 Å². The van der Waals surface area contributed by atoms with Crippen LogP contribution in [0.1, 0.15) is 31.0 Å². The lowest BCUT2D eigenvalue weighted by atomic mass is 9.98. The topological polar surface area (TPSA) is 22.0 Å². The summed E-state index contributed by atoms with van der Waals surface area (Å²) in [4.78, 5) is 13.1. The highest BCUT2D eigenvalue weighted by atomic mass is 35.5. The average molecular weight is 312 g/mol. The molecule has 3 aromatic rings. The molecule has 2 nitrogen and oxygen atoms in total. The van der Waals surface area contributed by atoms with Crippen molar-refractivity contribution in [3.05, 3.63) is 75.2 Å². The number of hydrogen-bond acceptors (Lipinski definition) is 1. The molecule has 1 heterocycles. The molecule has 0 N–H and O–H groups in total. The Balaban J connectivity index is 2.55. The van der Waals surface area contributed by atoms with Crippen LogP contribution < -0.4 is 5.56 Å². The molecule has 0 saturated heterocycles. The van der Waals surface area contributed by atoms with Crippen LogP contribution >= 0.6 is 11.6 Å². The van der Waals surface area contributed by atoms with Crippen molar-refractivity contribution in [1.82, 2.24) is 4.57 Å². The Kier molecular flexibility index (Phi) is 3.79. The Labute approximate surface area is 135 Å². The summed E-state index contributed by atoms with van der Waals surface area (Å²) >= 11 is 6.31. The quantitative estimate of drug-likeness (QED) is 0.647. The van der Waals surface area contributed by atoms with Crippen molar-refractivity contribution in [1.29, 1.82) is 0 Å². The first kappa shape index (κ1) is 14.9. The highest BCUT2D eigenvalue weighted by Crippen LogP contribution is 2.29. The monoisotopic (exact) mass is 311 g/mol. The van der Waals surface area contributed by atoms with Crippen molar-refractivity contribution in [2.75, 3.05) is 0 Å². The molecule has 0 bridgehead atoms. The van der Waals surface area contributed by atoms with E-state index in [1.54, 1.807) is 10.6 Å². The minimum atomic E-state index is -0.0545. The molecule has 0 amide bonds. The van der Waals surface area contributed by atoms with Crippen LogP contribution in [-0.2, 0) is 0 Å². The van der Waals surface area contributed by atoms with Crippen molar-refractivity contribution in [3.8, 4) is 5.69 Å². The molecule has 3 heteroatoms. The van der Waals surface area contributed by atoms with E-state index in [9.17, 15) is 4.79 Å².